The fourth-order valence-corrected chi connectivity index (χ4v) is 5.03. The van der Waals surface area contributed by atoms with Crippen molar-refractivity contribution in [2.45, 2.75) is 24.2 Å². The summed E-state index contributed by atoms with van der Waals surface area (Å²) in [6.07, 6.45) is 2.77. The van der Waals surface area contributed by atoms with E-state index in [0.29, 0.717) is 25.4 Å². The molecule has 0 spiro atoms. The van der Waals surface area contributed by atoms with Crippen molar-refractivity contribution < 1.29 is 23.1 Å². The number of carboxylic acid groups (broad SMARTS) is 1. The van der Waals surface area contributed by atoms with Gasteiger partial charge in [-0.3, -0.25) is 9.69 Å². The molecule has 0 unspecified atom stereocenters. The average molecular weight is 419 g/mol. The van der Waals surface area contributed by atoms with Crippen molar-refractivity contribution in [1.29, 1.82) is 0 Å². The topological polar surface area (TPSA) is 87.2 Å². The highest BCUT2D eigenvalue weighted by molar-refractivity contribution is 7.89. The SMILES string of the molecule is CN(C)S(=O)(=O)c1ccc(OCCN2C[C@@H]3CCC[C@@]3(C(=O)O)C2)cc1.Cl. The van der Waals surface area contributed by atoms with E-state index in [4.69, 9.17) is 4.74 Å². The first-order chi connectivity index (χ1) is 12.3. The molecule has 1 aliphatic carbocycles. The van der Waals surface area contributed by atoms with Gasteiger partial charge in [0.05, 0.1) is 10.3 Å². The Hall–Kier alpha value is -1.35. The number of rotatable bonds is 7. The normalized spacial score (nSPS) is 25.2. The molecule has 9 heteroatoms. The molecule has 1 aliphatic heterocycles. The third-order valence-electron chi connectivity index (χ3n) is 5.65. The van der Waals surface area contributed by atoms with Crippen LogP contribution in [0.15, 0.2) is 29.2 Å². The van der Waals surface area contributed by atoms with Gasteiger partial charge in [0.25, 0.3) is 0 Å². The fraction of sp³-hybridized carbons (Fsp3) is 0.611. The first-order valence-electron chi connectivity index (χ1n) is 8.87. The van der Waals surface area contributed by atoms with Crippen LogP contribution in [0.5, 0.6) is 5.75 Å². The number of carboxylic acids is 1. The molecule has 0 aromatic heterocycles. The minimum absolute atomic E-state index is 0. The molecule has 0 radical (unpaired) electrons. The molecular weight excluding hydrogens is 392 g/mol. The van der Waals surface area contributed by atoms with E-state index in [1.807, 2.05) is 0 Å². The lowest BCUT2D eigenvalue weighted by Crippen LogP contribution is -2.36. The van der Waals surface area contributed by atoms with E-state index in [0.717, 1.165) is 25.8 Å². The first-order valence-corrected chi connectivity index (χ1v) is 10.3. The maximum absolute atomic E-state index is 12.0. The van der Waals surface area contributed by atoms with Crippen LogP contribution in [0, 0.1) is 11.3 Å². The number of hydrogen-bond donors (Lipinski definition) is 1. The van der Waals surface area contributed by atoms with E-state index in [1.54, 1.807) is 12.1 Å². The first kappa shape index (κ1) is 21.9. The number of sulfonamides is 1. The Morgan fingerprint density at radius 2 is 2.00 bits per heavy atom. The number of likely N-dealkylation sites (tertiary alicyclic amines) is 1. The van der Waals surface area contributed by atoms with E-state index >= 15 is 0 Å². The van der Waals surface area contributed by atoms with Crippen LogP contribution in [0.4, 0.5) is 0 Å². The van der Waals surface area contributed by atoms with Crippen molar-refractivity contribution >= 4 is 28.4 Å². The van der Waals surface area contributed by atoms with Crippen LogP contribution in [0.25, 0.3) is 0 Å². The van der Waals surface area contributed by atoms with Gasteiger partial charge in [0, 0.05) is 33.7 Å². The Bertz CT molecular complexity index is 768. The molecule has 1 aromatic rings. The van der Waals surface area contributed by atoms with Crippen LogP contribution in [0.2, 0.25) is 0 Å². The molecule has 7 nitrogen and oxygen atoms in total. The second-order valence-electron chi connectivity index (χ2n) is 7.39. The smallest absolute Gasteiger partial charge is 0.311 e. The van der Waals surface area contributed by atoms with Crippen LogP contribution in [0.1, 0.15) is 19.3 Å². The second kappa shape index (κ2) is 8.34. The zero-order valence-corrected chi connectivity index (χ0v) is 17.3. The lowest BCUT2D eigenvalue weighted by atomic mass is 9.81. The summed E-state index contributed by atoms with van der Waals surface area (Å²) in [5, 5.41) is 9.62. The summed E-state index contributed by atoms with van der Waals surface area (Å²) in [6, 6.07) is 6.36. The number of ether oxygens (including phenoxy) is 1. The quantitative estimate of drug-likeness (QED) is 0.728. The van der Waals surface area contributed by atoms with Gasteiger partial charge in [-0.15, -0.1) is 12.4 Å². The van der Waals surface area contributed by atoms with Crippen molar-refractivity contribution in [3.63, 3.8) is 0 Å². The summed E-state index contributed by atoms with van der Waals surface area (Å²) in [5.41, 5.74) is -0.567. The third kappa shape index (κ3) is 4.23. The Morgan fingerprint density at radius 3 is 2.56 bits per heavy atom. The van der Waals surface area contributed by atoms with Gasteiger partial charge in [-0.1, -0.05) is 6.42 Å². The summed E-state index contributed by atoms with van der Waals surface area (Å²) in [4.78, 5) is 14.1. The van der Waals surface area contributed by atoms with Gasteiger partial charge >= 0.3 is 5.97 Å². The van der Waals surface area contributed by atoms with E-state index in [9.17, 15) is 18.3 Å². The maximum atomic E-state index is 12.0. The highest BCUT2D eigenvalue weighted by Gasteiger charge is 2.54. The molecule has 1 N–H and O–H groups in total. The highest BCUT2D eigenvalue weighted by Crippen LogP contribution is 2.48. The molecule has 1 heterocycles. The molecule has 152 valence electrons. The number of fused-ring (bicyclic) bond motifs is 1. The Morgan fingerprint density at radius 1 is 1.33 bits per heavy atom. The molecule has 27 heavy (non-hydrogen) atoms. The number of hydrogen-bond acceptors (Lipinski definition) is 5. The molecule has 2 aliphatic rings. The summed E-state index contributed by atoms with van der Waals surface area (Å²) in [6.45, 7) is 2.53. The van der Waals surface area contributed by atoms with Crippen molar-refractivity contribution in [3.05, 3.63) is 24.3 Å². The number of nitrogens with zero attached hydrogens (tertiary/aromatic N) is 2. The molecule has 1 saturated heterocycles. The van der Waals surface area contributed by atoms with Crippen LogP contribution >= 0.6 is 12.4 Å². The minimum atomic E-state index is -3.44. The van der Waals surface area contributed by atoms with Gasteiger partial charge in [0.1, 0.15) is 12.4 Å². The average Bonchev–Trinajstić information content (AvgIpc) is 3.13. The number of halogens is 1. The Kier molecular flexibility index (Phi) is 6.78. The molecule has 0 amide bonds. The Labute approximate surface area is 166 Å². The lowest BCUT2D eigenvalue weighted by molar-refractivity contribution is -0.149. The van der Waals surface area contributed by atoms with E-state index in [-0.39, 0.29) is 23.2 Å². The van der Waals surface area contributed by atoms with E-state index in [1.165, 1.54) is 30.5 Å². The van der Waals surface area contributed by atoms with Crippen LogP contribution in [-0.2, 0) is 14.8 Å². The van der Waals surface area contributed by atoms with Crippen molar-refractivity contribution in [1.82, 2.24) is 9.21 Å². The van der Waals surface area contributed by atoms with Gasteiger partial charge in [0.2, 0.25) is 10.0 Å². The summed E-state index contributed by atoms with van der Waals surface area (Å²) >= 11 is 0. The number of benzene rings is 1. The lowest BCUT2D eigenvalue weighted by Gasteiger charge is -2.23. The molecule has 2 atom stereocenters. The summed E-state index contributed by atoms with van der Waals surface area (Å²) in [7, 11) is -0.447. The molecule has 3 rings (SSSR count). The number of aliphatic carboxylic acids is 1. The molecule has 2 fully saturated rings. The third-order valence-corrected chi connectivity index (χ3v) is 7.48. The van der Waals surface area contributed by atoms with Crippen molar-refractivity contribution in [2.75, 3.05) is 40.3 Å². The summed E-state index contributed by atoms with van der Waals surface area (Å²) < 4.78 is 31.0. The summed E-state index contributed by atoms with van der Waals surface area (Å²) in [5.74, 6) is 0.187. The van der Waals surface area contributed by atoms with Gasteiger partial charge < -0.3 is 9.84 Å². The predicted molar refractivity (Wildman–Crippen MR) is 104 cm³/mol. The van der Waals surface area contributed by atoms with Crippen molar-refractivity contribution in [2.24, 2.45) is 11.3 Å². The van der Waals surface area contributed by atoms with Crippen molar-refractivity contribution in [3.8, 4) is 5.75 Å². The van der Waals surface area contributed by atoms with Crippen LogP contribution in [0.3, 0.4) is 0 Å². The van der Waals surface area contributed by atoms with Crippen LogP contribution in [-0.4, -0.2) is 69.0 Å². The van der Waals surface area contributed by atoms with E-state index < -0.39 is 21.4 Å². The van der Waals surface area contributed by atoms with Gasteiger partial charge in [-0.05, 0) is 43.0 Å². The largest absolute Gasteiger partial charge is 0.492 e. The molecule has 1 aromatic carbocycles. The predicted octanol–water partition coefficient (Wildman–Crippen LogP) is 1.92. The van der Waals surface area contributed by atoms with Gasteiger partial charge in [-0.2, -0.15) is 0 Å². The minimum Gasteiger partial charge on any atom is -0.492 e. The van der Waals surface area contributed by atoms with Gasteiger partial charge in [0.15, 0.2) is 0 Å². The second-order valence-corrected chi connectivity index (χ2v) is 9.54. The van der Waals surface area contributed by atoms with Crippen LogP contribution < -0.4 is 4.74 Å². The zero-order valence-electron chi connectivity index (χ0n) is 15.6. The fourth-order valence-electron chi connectivity index (χ4n) is 4.12. The molecule has 1 saturated carbocycles. The van der Waals surface area contributed by atoms with Gasteiger partial charge in [-0.25, -0.2) is 12.7 Å². The standard InChI is InChI=1S/C18H26N2O5S.ClH/c1-19(2)26(23,24)16-7-5-15(6-8-16)25-11-10-20-12-14-4-3-9-18(14,13-20)17(21)22;/h5-8,14H,3-4,9-13H2,1-2H3,(H,21,22);1H/t14-,18+;/m0./s1. The monoisotopic (exact) mass is 418 g/mol. The molecule has 0 bridgehead atoms. The zero-order chi connectivity index (χ0) is 18.9. The van der Waals surface area contributed by atoms with E-state index in [2.05, 4.69) is 4.90 Å². The number of carbonyl (C=O) groups is 1. The molecular formula is C18H27ClN2O5S. The Balaban J connectivity index is 0.00000261. The highest BCUT2D eigenvalue weighted by atomic mass is 35.5. The maximum Gasteiger partial charge on any atom is 0.311 e.